The summed E-state index contributed by atoms with van der Waals surface area (Å²) in [5.41, 5.74) is 0. The lowest BCUT2D eigenvalue weighted by Gasteiger charge is -2.16. The molecule has 0 aromatic heterocycles. The van der Waals surface area contributed by atoms with Crippen molar-refractivity contribution in [3.63, 3.8) is 0 Å². The summed E-state index contributed by atoms with van der Waals surface area (Å²) in [6.07, 6.45) is 1.13. The van der Waals surface area contributed by atoms with Crippen molar-refractivity contribution < 1.29 is 14.6 Å². The van der Waals surface area contributed by atoms with Crippen molar-refractivity contribution in [3.8, 4) is 11.8 Å². The Bertz CT molecular complexity index is 237. The summed E-state index contributed by atoms with van der Waals surface area (Å²) in [7, 11) is 0. The second-order valence-electron chi connectivity index (χ2n) is 3.81. The smallest absolute Gasteiger partial charge is 0.163 e. The summed E-state index contributed by atoms with van der Waals surface area (Å²) in [6, 6.07) is 0. The maximum atomic E-state index is 9.07. The Labute approximate surface area is 85.4 Å². The summed E-state index contributed by atoms with van der Waals surface area (Å²) in [6.45, 7) is 5.69. The molecular formula is C11H18O3. The fourth-order valence-corrected chi connectivity index (χ4v) is 1.53. The van der Waals surface area contributed by atoms with E-state index in [9.17, 15) is 0 Å². The lowest BCUT2D eigenvalue weighted by atomic mass is 10.1. The average molecular weight is 198 g/mol. The second-order valence-corrected chi connectivity index (χ2v) is 3.81. The first-order valence-electron chi connectivity index (χ1n) is 5.01. The normalized spacial score (nSPS) is 29.7. The van der Waals surface area contributed by atoms with Gasteiger partial charge in [0.2, 0.25) is 0 Å². The van der Waals surface area contributed by atoms with Gasteiger partial charge in [0.05, 0.1) is 6.61 Å². The van der Waals surface area contributed by atoms with Crippen molar-refractivity contribution in [2.24, 2.45) is 0 Å². The molecule has 0 amide bonds. The Hall–Kier alpha value is -0.560. The molecular weight excluding hydrogens is 180 g/mol. The molecule has 0 saturated carbocycles. The molecule has 80 valence electrons. The lowest BCUT2D eigenvalue weighted by molar-refractivity contribution is -0.148. The topological polar surface area (TPSA) is 38.7 Å². The second kappa shape index (κ2) is 4.79. The highest BCUT2D eigenvalue weighted by Crippen LogP contribution is 2.29. The van der Waals surface area contributed by atoms with Crippen molar-refractivity contribution in [2.45, 2.75) is 51.6 Å². The van der Waals surface area contributed by atoms with Crippen LogP contribution in [0.15, 0.2) is 0 Å². The van der Waals surface area contributed by atoms with Gasteiger partial charge >= 0.3 is 0 Å². The first kappa shape index (κ1) is 11.5. The van der Waals surface area contributed by atoms with Gasteiger partial charge in [-0.2, -0.15) is 0 Å². The predicted molar refractivity (Wildman–Crippen MR) is 53.6 cm³/mol. The molecule has 1 aliphatic heterocycles. The molecule has 0 aliphatic carbocycles. The van der Waals surface area contributed by atoms with Crippen LogP contribution in [0, 0.1) is 11.8 Å². The van der Waals surface area contributed by atoms with E-state index in [0.29, 0.717) is 6.42 Å². The SMILES string of the molecule is CCC#CCC1OC(C)(C)OC1CO. The first-order valence-corrected chi connectivity index (χ1v) is 5.01. The number of ether oxygens (including phenoxy) is 2. The van der Waals surface area contributed by atoms with Crippen LogP contribution in [-0.2, 0) is 9.47 Å². The van der Waals surface area contributed by atoms with E-state index in [1.165, 1.54) is 0 Å². The summed E-state index contributed by atoms with van der Waals surface area (Å²) >= 11 is 0. The fourth-order valence-electron chi connectivity index (χ4n) is 1.53. The largest absolute Gasteiger partial charge is 0.394 e. The molecule has 0 radical (unpaired) electrons. The molecule has 0 bridgehead atoms. The van der Waals surface area contributed by atoms with E-state index in [4.69, 9.17) is 14.6 Å². The standard InChI is InChI=1S/C11H18O3/c1-4-5-6-7-9-10(8-12)14-11(2,3)13-9/h9-10,12H,4,7-8H2,1-3H3. The van der Waals surface area contributed by atoms with E-state index in [1.807, 2.05) is 20.8 Å². The van der Waals surface area contributed by atoms with Crippen LogP contribution < -0.4 is 0 Å². The Morgan fingerprint density at radius 2 is 1.86 bits per heavy atom. The van der Waals surface area contributed by atoms with Crippen LogP contribution in [0.4, 0.5) is 0 Å². The van der Waals surface area contributed by atoms with Crippen molar-refractivity contribution in [3.05, 3.63) is 0 Å². The van der Waals surface area contributed by atoms with Crippen LogP contribution in [-0.4, -0.2) is 29.7 Å². The van der Waals surface area contributed by atoms with Crippen LogP contribution >= 0.6 is 0 Å². The summed E-state index contributed by atoms with van der Waals surface area (Å²) in [4.78, 5) is 0. The van der Waals surface area contributed by atoms with E-state index < -0.39 is 5.79 Å². The highest BCUT2D eigenvalue weighted by molar-refractivity contribution is 5.01. The zero-order valence-corrected chi connectivity index (χ0v) is 9.04. The molecule has 1 saturated heterocycles. The fraction of sp³-hybridized carbons (Fsp3) is 0.818. The molecule has 0 aromatic carbocycles. The van der Waals surface area contributed by atoms with Gasteiger partial charge in [0.15, 0.2) is 5.79 Å². The van der Waals surface area contributed by atoms with E-state index in [2.05, 4.69) is 11.8 Å². The molecule has 0 aromatic rings. The number of aliphatic hydroxyl groups is 1. The highest BCUT2D eigenvalue weighted by atomic mass is 16.8. The van der Waals surface area contributed by atoms with Gasteiger partial charge in [-0.1, -0.05) is 6.92 Å². The van der Waals surface area contributed by atoms with E-state index in [1.54, 1.807) is 0 Å². The molecule has 1 rings (SSSR count). The van der Waals surface area contributed by atoms with Gasteiger partial charge in [-0.3, -0.25) is 0 Å². The maximum absolute atomic E-state index is 9.07. The van der Waals surface area contributed by atoms with Crippen LogP contribution in [0.2, 0.25) is 0 Å². The van der Waals surface area contributed by atoms with Crippen molar-refractivity contribution in [1.29, 1.82) is 0 Å². The van der Waals surface area contributed by atoms with Gasteiger partial charge in [-0.05, 0) is 13.8 Å². The van der Waals surface area contributed by atoms with Gasteiger partial charge in [-0.15, -0.1) is 11.8 Å². The minimum absolute atomic E-state index is 0.0120. The summed E-state index contributed by atoms with van der Waals surface area (Å²) in [5, 5.41) is 9.07. The molecule has 3 nitrogen and oxygen atoms in total. The summed E-state index contributed by atoms with van der Waals surface area (Å²) in [5.74, 6) is 5.40. The number of aliphatic hydroxyl groups excluding tert-OH is 1. The molecule has 1 heterocycles. The van der Waals surface area contributed by atoms with Crippen molar-refractivity contribution in [1.82, 2.24) is 0 Å². The molecule has 1 N–H and O–H groups in total. The Kier molecular flexibility index (Phi) is 3.94. The Balaban J connectivity index is 2.51. The Morgan fingerprint density at radius 1 is 1.21 bits per heavy atom. The van der Waals surface area contributed by atoms with Gasteiger partial charge in [0.1, 0.15) is 12.2 Å². The first-order chi connectivity index (χ1) is 6.59. The quantitative estimate of drug-likeness (QED) is 0.680. The van der Waals surface area contributed by atoms with E-state index in [0.717, 1.165) is 6.42 Å². The van der Waals surface area contributed by atoms with Gasteiger partial charge in [-0.25, -0.2) is 0 Å². The van der Waals surface area contributed by atoms with Gasteiger partial charge in [0.25, 0.3) is 0 Å². The Morgan fingerprint density at radius 3 is 2.43 bits per heavy atom. The molecule has 1 aliphatic rings. The molecule has 14 heavy (non-hydrogen) atoms. The van der Waals surface area contributed by atoms with Gasteiger partial charge < -0.3 is 14.6 Å². The van der Waals surface area contributed by atoms with Crippen LogP contribution in [0.25, 0.3) is 0 Å². The number of rotatable bonds is 2. The third kappa shape index (κ3) is 2.98. The third-order valence-electron chi connectivity index (χ3n) is 2.07. The zero-order valence-electron chi connectivity index (χ0n) is 9.04. The van der Waals surface area contributed by atoms with Gasteiger partial charge in [0, 0.05) is 12.8 Å². The minimum atomic E-state index is -0.591. The van der Waals surface area contributed by atoms with Crippen molar-refractivity contribution >= 4 is 0 Å². The zero-order chi connectivity index (χ0) is 10.6. The minimum Gasteiger partial charge on any atom is -0.394 e. The van der Waals surface area contributed by atoms with Crippen LogP contribution in [0.5, 0.6) is 0 Å². The molecule has 2 atom stereocenters. The summed E-state index contributed by atoms with van der Waals surface area (Å²) < 4.78 is 11.1. The average Bonchev–Trinajstić information content (AvgIpc) is 2.41. The molecule has 3 heteroatoms. The maximum Gasteiger partial charge on any atom is 0.163 e. The third-order valence-corrected chi connectivity index (χ3v) is 2.07. The van der Waals surface area contributed by atoms with Crippen molar-refractivity contribution in [2.75, 3.05) is 6.61 Å². The molecule has 1 fully saturated rings. The molecule has 0 spiro atoms. The van der Waals surface area contributed by atoms with E-state index >= 15 is 0 Å². The highest BCUT2D eigenvalue weighted by Gasteiger charge is 2.40. The number of hydrogen-bond acceptors (Lipinski definition) is 3. The van der Waals surface area contributed by atoms with E-state index in [-0.39, 0.29) is 18.8 Å². The number of hydrogen-bond donors (Lipinski definition) is 1. The monoisotopic (exact) mass is 198 g/mol. The van der Waals surface area contributed by atoms with Crippen LogP contribution in [0.3, 0.4) is 0 Å². The lowest BCUT2D eigenvalue weighted by Crippen LogP contribution is -2.25. The molecule has 2 unspecified atom stereocenters. The van der Waals surface area contributed by atoms with Crippen LogP contribution in [0.1, 0.15) is 33.6 Å². The predicted octanol–water partition coefficient (Wildman–Crippen LogP) is 1.30.